The second-order valence-corrected chi connectivity index (χ2v) is 4.97. The van der Waals surface area contributed by atoms with E-state index in [9.17, 15) is 0 Å². The predicted octanol–water partition coefficient (Wildman–Crippen LogP) is 4.68. The summed E-state index contributed by atoms with van der Waals surface area (Å²) in [7, 11) is 0. The van der Waals surface area contributed by atoms with E-state index in [1.165, 1.54) is 5.56 Å². The summed E-state index contributed by atoms with van der Waals surface area (Å²) >= 11 is 3.42. The first-order valence-corrected chi connectivity index (χ1v) is 6.67. The minimum atomic E-state index is 0.655. The number of nitrogens with one attached hydrogen (secondary N) is 1. The molecule has 0 aliphatic carbocycles. The average molecular weight is 317 g/mol. The number of benzene rings is 2. The molecule has 0 fully saturated rings. The van der Waals surface area contributed by atoms with E-state index in [0.29, 0.717) is 12.2 Å². The number of rotatable bonds is 5. The molecule has 4 nitrogen and oxygen atoms in total. The summed E-state index contributed by atoms with van der Waals surface area (Å²) in [5.41, 5.74) is 11.4. The Morgan fingerprint density at radius 1 is 1.11 bits per heavy atom. The largest absolute Gasteiger partial charge is 0.309 e. The minimum Gasteiger partial charge on any atom is -0.309 e. The number of nitrogens with zero attached hydrogens (tertiary/aromatic N) is 3. The average Bonchev–Trinajstić information content (AvgIpc) is 2.43. The van der Waals surface area contributed by atoms with Gasteiger partial charge in [-0.3, -0.25) is 0 Å². The van der Waals surface area contributed by atoms with Gasteiger partial charge in [0.15, 0.2) is 0 Å². The maximum atomic E-state index is 8.54. The molecule has 2 rings (SSSR count). The molecular formula is C14H13BrN4. The quantitative estimate of drug-likeness (QED) is 0.486. The molecular weight excluding hydrogens is 304 g/mol. The molecule has 5 heteroatoms. The summed E-state index contributed by atoms with van der Waals surface area (Å²) < 4.78 is 0.973. The van der Waals surface area contributed by atoms with Crippen LogP contribution in [0.1, 0.15) is 11.1 Å². The summed E-state index contributed by atoms with van der Waals surface area (Å²) in [6, 6.07) is 15.8. The van der Waals surface area contributed by atoms with Crippen LogP contribution in [-0.4, -0.2) is 0 Å². The SMILES string of the molecule is [N-]=[N+]=Nc1ccc(Br)cc1CNCc1ccccc1. The van der Waals surface area contributed by atoms with Crippen molar-refractivity contribution in [1.29, 1.82) is 0 Å². The Morgan fingerprint density at radius 3 is 2.63 bits per heavy atom. The zero-order chi connectivity index (χ0) is 13.5. The third kappa shape index (κ3) is 4.10. The van der Waals surface area contributed by atoms with Crippen molar-refractivity contribution in [2.75, 3.05) is 0 Å². The Balaban J connectivity index is 2.02. The summed E-state index contributed by atoms with van der Waals surface area (Å²) in [6.07, 6.45) is 0. The van der Waals surface area contributed by atoms with Gasteiger partial charge in [0.05, 0.1) is 0 Å². The number of hydrogen-bond acceptors (Lipinski definition) is 2. The lowest BCUT2D eigenvalue weighted by Crippen LogP contribution is -2.12. The zero-order valence-electron chi connectivity index (χ0n) is 10.3. The van der Waals surface area contributed by atoms with E-state index < -0.39 is 0 Å². The molecule has 0 saturated heterocycles. The van der Waals surface area contributed by atoms with Crippen LogP contribution in [0.15, 0.2) is 58.1 Å². The van der Waals surface area contributed by atoms with E-state index in [2.05, 4.69) is 43.4 Å². The van der Waals surface area contributed by atoms with Gasteiger partial charge in [0.1, 0.15) is 0 Å². The molecule has 1 N–H and O–H groups in total. The first-order valence-electron chi connectivity index (χ1n) is 5.88. The molecule has 0 aliphatic heterocycles. The smallest absolute Gasteiger partial charge is 0.0421 e. The topological polar surface area (TPSA) is 60.8 Å². The van der Waals surface area contributed by atoms with Gasteiger partial charge < -0.3 is 5.32 Å². The second-order valence-electron chi connectivity index (χ2n) is 4.05. The maximum Gasteiger partial charge on any atom is 0.0421 e. The molecule has 96 valence electrons. The van der Waals surface area contributed by atoms with Crippen molar-refractivity contribution in [3.63, 3.8) is 0 Å². The summed E-state index contributed by atoms with van der Waals surface area (Å²) in [4.78, 5) is 2.84. The van der Waals surface area contributed by atoms with E-state index in [-0.39, 0.29) is 0 Å². The Hall–Kier alpha value is -1.81. The van der Waals surface area contributed by atoms with Crippen LogP contribution in [0.25, 0.3) is 10.4 Å². The maximum absolute atomic E-state index is 8.54. The Morgan fingerprint density at radius 2 is 1.89 bits per heavy atom. The Labute approximate surface area is 120 Å². The van der Waals surface area contributed by atoms with Crippen LogP contribution in [-0.2, 0) is 13.1 Å². The third-order valence-corrected chi connectivity index (χ3v) is 3.17. The number of hydrogen-bond donors (Lipinski definition) is 1. The van der Waals surface area contributed by atoms with Crippen LogP contribution in [0.2, 0.25) is 0 Å². The fraction of sp³-hybridized carbons (Fsp3) is 0.143. The van der Waals surface area contributed by atoms with Gasteiger partial charge in [-0.25, -0.2) is 0 Å². The van der Waals surface area contributed by atoms with Crippen LogP contribution in [0.4, 0.5) is 5.69 Å². The molecule has 0 unspecified atom stereocenters. The number of halogens is 1. The highest BCUT2D eigenvalue weighted by Gasteiger charge is 2.01. The van der Waals surface area contributed by atoms with Crippen LogP contribution in [0.3, 0.4) is 0 Å². The molecule has 0 bridgehead atoms. The molecule has 2 aromatic rings. The molecule has 2 aromatic carbocycles. The summed E-state index contributed by atoms with van der Waals surface area (Å²) in [6.45, 7) is 1.44. The highest BCUT2D eigenvalue weighted by Crippen LogP contribution is 2.23. The van der Waals surface area contributed by atoms with Crippen molar-refractivity contribution in [3.05, 3.63) is 74.6 Å². The van der Waals surface area contributed by atoms with Gasteiger partial charge in [-0.05, 0) is 28.8 Å². The molecule has 0 atom stereocenters. The molecule has 0 spiro atoms. The van der Waals surface area contributed by atoms with Gasteiger partial charge in [-0.15, -0.1) is 0 Å². The molecule has 0 radical (unpaired) electrons. The van der Waals surface area contributed by atoms with Crippen LogP contribution in [0.5, 0.6) is 0 Å². The van der Waals surface area contributed by atoms with Crippen LogP contribution in [0, 0.1) is 0 Å². The minimum absolute atomic E-state index is 0.655. The van der Waals surface area contributed by atoms with E-state index in [4.69, 9.17) is 5.53 Å². The zero-order valence-corrected chi connectivity index (χ0v) is 11.8. The molecule has 0 aromatic heterocycles. The highest BCUT2D eigenvalue weighted by atomic mass is 79.9. The van der Waals surface area contributed by atoms with Gasteiger partial charge in [0.2, 0.25) is 0 Å². The van der Waals surface area contributed by atoms with Crippen LogP contribution < -0.4 is 5.32 Å². The lowest BCUT2D eigenvalue weighted by molar-refractivity contribution is 0.693. The van der Waals surface area contributed by atoms with Crippen LogP contribution >= 0.6 is 15.9 Å². The van der Waals surface area contributed by atoms with E-state index >= 15 is 0 Å². The fourth-order valence-corrected chi connectivity index (χ4v) is 2.19. The van der Waals surface area contributed by atoms with Gasteiger partial charge in [0.25, 0.3) is 0 Å². The number of azide groups is 1. The molecule has 19 heavy (non-hydrogen) atoms. The molecule has 0 aliphatic rings. The molecule has 0 amide bonds. The lowest BCUT2D eigenvalue weighted by Gasteiger charge is -2.08. The van der Waals surface area contributed by atoms with Crippen molar-refractivity contribution in [2.24, 2.45) is 5.11 Å². The van der Waals surface area contributed by atoms with Crippen molar-refractivity contribution in [1.82, 2.24) is 5.32 Å². The first kappa shape index (κ1) is 13.6. The highest BCUT2D eigenvalue weighted by molar-refractivity contribution is 9.10. The first-order chi connectivity index (χ1) is 9.29. The van der Waals surface area contributed by atoms with Gasteiger partial charge in [-0.2, -0.15) is 0 Å². The molecule has 0 heterocycles. The van der Waals surface area contributed by atoms with Gasteiger partial charge in [-0.1, -0.05) is 57.4 Å². The monoisotopic (exact) mass is 316 g/mol. The summed E-state index contributed by atoms with van der Waals surface area (Å²) in [5.74, 6) is 0. The fourth-order valence-electron chi connectivity index (χ4n) is 1.78. The normalized spacial score (nSPS) is 9.95. The van der Waals surface area contributed by atoms with Gasteiger partial charge in [0, 0.05) is 28.2 Å². The van der Waals surface area contributed by atoms with Crippen molar-refractivity contribution < 1.29 is 0 Å². The van der Waals surface area contributed by atoms with Crippen molar-refractivity contribution >= 4 is 21.6 Å². The van der Waals surface area contributed by atoms with E-state index in [1.807, 2.05) is 36.4 Å². The summed E-state index contributed by atoms with van der Waals surface area (Å²) in [5, 5.41) is 7.03. The second kappa shape index (κ2) is 6.95. The van der Waals surface area contributed by atoms with Crippen molar-refractivity contribution in [2.45, 2.75) is 13.1 Å². The lowest BCUT2D eigenvalue weighted by atomic mass is 10.1. The predicted molar refractivity (Wildman–Crippen MR) is 79.9 cm³/mol. The van der Waals surface area contributed by atoms with Gasteiger partial charge >= 0.3 is 0 Å². The molecule has 0 saturated carbocycles. The van der Waals surface area contributed by atoms with E-state index in [0.717, 1.165) is 16.6 Å². The third-order valence-electron chi connectivity index (χ3n) is 2.68. The Kier molecular flexibility index (Phi) is 4.98. The van der Waals surface area contributed by atoms with E-state index in [1.54, 1.807) is 0 Å². The van der Waals surface area contributed by atoms with Crippen molar-refractivity contribution in [3.8, 4) is 0 Å². The Bertz CT molecular complexity index is 592. The standard InChI is InChI=1S/C14H13BrN4/c15-13-6-7-14(18-19-16)12(8-13)10-17-9-11-4-2-1-3-5-11/h1-8,17H,9-10H2.